The van der Waals surface area contributed by atoms with Crippen LogP contribution in [0.1, 0.15) is 127 Å². The van der Waals surface area contributed by atoms with Crippen molar-refractivity contribution in [2.24, 2.45) is 7.05 Å². The van der Waals surface area contributed by atoms with E-state index in [1.807, 2.05) is 89.1 Å². The van der Waals surface area contributed by atoms with E-state index in [0.29, 0.717) is 28.9 Å². The van der Waals surface area contributed by atoms with Crippen LogP contribution in [0.5, 0.6) is 0 Å². The summed E-state index contributed by atoms with van der Waals surface area (Å²) in [6.07, 6.45) is 5.47. The van der Waals surface area contributed by atoms with E-state index in [-0.39, 0.29) is 103 Å². The fourth-order valence-corrected chi connectivity index (χ4v) is 9.19. The van der Waals surface area contributed by atoms with Crippen molar-refractivity contribution in [2.45, 2.75) is 132 Å². The third kappa shape index (κ3) is 19.8. The van der Waals surface area contributed by atoms with Gasteiger partial charge in [0.05, 0.1) is 40.4 Å². The first kappa shape index (κ1) is 75.9. The van der Waals surface area contributed by atoms with Crippen molar-refractivity contribution in [1.82, 2.24) is 59.1 Å². The fraction of sp³-hybridized carbons (Fsp3) is 0.296. The van der Waals surface area contributed by atoms with Crippen molar-refractivity contribution in [3.63, 3.8) is 0 Å². The van der Waals surface area contributed by atoms with Gasteiger partial charge in [0.15, 0.2) is 0 Å². The molecule has 0 N–H and O–H groups in total. The molecule has 12 nitrogen and oxygen atoms in total. The molecule has 11 aromatic rings. The van der Waals surface area contributed by atoms with E-state index in [1.165, 1.54) is 33.0 Å². The molecule has 0 saturated carbocycles. The largest absolute Gasteiger partial charge is 0.289 e. The molecule has 0 aliphatic heterocycles. The number of hydrogen-bond donors (Lipinski definition) is 0. The van der Waals surface area contributed by atoms with Crippen LogP contribution in [0, 0.1) is 62.5 Å². The van der Waals surface area contributed by atoms with Crippen molar-refractivity contribution in [3.8, 4) is 62.6 Å². The molecule has 0 spiro atoms. The number of para-hydroxylation sites is 1. The summed E-state index contributed by atoms with van der Waals surface area (Å²) in [5.41, 5.74) is 10.5. The minimum atomic E-state index is -0.677. The molecule has 0 fully saturated rings. The zero-order chi connectivity index (χ0) is 61.7. The quantitative estimate of drug-likeness (QED) is 0.105. The summed E-state index contributed by atoms with van der Waals surface area (Å²) in [5, 5.41) is 18.1. The van der Waals surface area contributed by atoms with Gasteiger partial charge in [-0.1, -0.05) is 116 Å². The van der Waals surface area contributed by atoms with Gasteiger partial charge in [-0.15, -0.1) is 108 Å². The molecule has 4 aromatic heterocycles. The number of nitrogens with zero attached hydrogens (tertiary/aromatic N) is 12. The molecule has 4 radical (unpaired) electrons. The standard InChI is InChI=1S/C25H32N3.C19H20N3.C15H11FN3.C12H12F2N3.4Ir/c1-8-12-22-26-23(18-13-10-9-11-14-18)28(27-22)21-16-19(24(2,3)4)15-20(17-21)25(5,6)7;1-4-8-18-20-19(16-9-6-5-7-10-16)22(21-18)17-13-14(2)11-12-15(17)3;1-11-17-15(13-9-5-6-10-14(13)16)19(18-11)12-7-3-2-4-8-12;1-3-4-11-15-12(17(2)16-11)9-6-5-8(13)7-10(9)14;;;;/h9-11,13,15-17H,8,12H2,1-7H3;5-7,9,11-13H,4,8H2,1-3H3;2-8,10H,1H3;5,7H,3-4H2,1-2H3;;;;/q4*-1;;;;. The third-order valence-corrected chi connectivity index (χ3v) is 13.7. The number of rotatable bonds is 13. The van der Waals surface area contributed by atoms with E-state index >= 15 is 0 Å². The van der Waals surface area contributed by atoms with Crippen LogP contribution in [-0.2, 0) is 118 Å². The Balaban J connectivity index is 0.000000257. The summed E-state index contributed by atoms with van der Waals surface area (Å²) < 4.78 is 47.3. The SMILES string of the molecule is CCCc1nc(-c2[c-]cc(F)cc2F)n(C)n1.CCCc1nc(-c2[c-]cccc2)n(-c2cc(C(C)(C)C)cc(C(C)(C)C)c2)n1.CCCc1nc(-c2[c-]cccc2)n(-c2cc(C)ccc2C)n1.Cc1nc(-c2[c-]cccc2F)n(-c2ccccc2)n1.[Ir].[Ir].[Ir].[Ir]. The Labute approximate surface area is 582 Å². The average molecular weight is 1920 g/mol. The van der Waals surface area contributed by atoms with E-state index in [4.69, 9.17) is 20.2 Å². The first-order valence-corrected chi connectivity index (χ1v) is 29.2. The van der Waals surface area contributed by atoms with Crippen LogP contribution < -0.4 is 0 Å². The van der Waals surface area contributed by atoms with Crippen LogP contribution in [0.3, 0.4) is 0 Å². The maximum absolute atomic E-state index is 13.9. The molecular formula is C71H75F3Ir4N12-4. The van der Waals surface area contributed by atoms with Crippen LogP contribution >= 0.6 is 0 Å². The maximum Gasteiger partial charge on any atom is 0.140 e. The summed E-state index contributed by atoms with van der Waals surface area (Å²) in [6.45, 7) is 25.9. The Bertz CT molecular complexity index is 3970. The second-order valence-corrected chi connectivity index (χ2v) is 23.0. The zero-order valence-electron chi connectivity index (χ0n) is 52.9. The summed E-state index contributed by atoms with van der Waals surface area (Å²) in [5.74, 6) is 3.87. The summed E-state index contributed by atoms with van der Waals surface area (Å²) >= 11 is 0. The Hall–Kier alpha value is -6.51. The van der Waals surface area contributed by atoms with Gasteiger partial charge in [-0.05, 0) is 103 Å². The van der Waals surface area contributed by atoms with Gasteiger partial charge in [-0.25, -0.2) is 0 Å². The van der Waals surface area contributed by atoms with E-state index in [9.17, 15) is 13.2 Å². The van der Waals surface area contributed by atoms with E-state index in [0.717, 1.165) is 102 Å². The summed E-state index contributed by atoms with van der Waals surface area (Å²) in [6, 6.07) is 57.3. The van der Waals surface area contributed by atoms with Gasteiger partial charge in [0, 0.05) is 124 Å². The molecule has 0 aliphatic carbocycles. The number of aryl methyl sites for hydroxylation is 7. The molecule has 7 aromatic carbocycles. The smallest absolute Gasteiger partial charge is 0.140 e. The molecule has 0 saturated heterocycles. The van der Waals surface area contributed by atoms with Gasteiger partial charge >= 0.3 is 0 Å². The molecule has 0 atom stereocenters. The van der Waals surface area contributed by atoms with Crippen LogP contribution in [0.4, 0.5) is 13.2 Å². The number of benzene rings is 7. The number of aromatic nitrogens is 12. The molecule has 480 valence electrons. The molecule has 0 bridgehead atoms. The van der Waals surface area contributed by atoms with Crippen LogP contribution in [0.2, 0.25) is 0 Å². The predicted octanol–water partition coefficient (Wildman–Crippen LogP) is 16.3. The second-order valence-electron chi connectivity index (χ2n) is 23.0. The van der Waals surface area contributed by atoms with Crippen LogP contribution in [-0.4, -0.2) is 59.1 Å². The van der Waals surface area contributed by atoms with Crippen LogP contribution in [0.25, 0.3) is 62.6 Å². The molecule has 19 heteroatoms. The van der Waals surface area contributed by atoms with Crippen LogP contribution in [0.15, 0.2) is 146 Å². The molecule has 0 aliphatic rings. The molecular weight excluding hydrogens is 1850 g/mol. The second kappa shape index (κ2) is 34.8. The molecule has 0 amide bonds. The van der Waals surface area contributed by atoms with Gasteiger partial charge in [-0.3, -0.25) is 51.8 Å². The number of hydrogen-bond acceptors (Lipinski definition) is 8. The third-order valence-electron chi connectivity index (χ3n) is 13.7. The topological polar surface area (TPSA) is 123 Å². The average Bonchev–Trinajstić information content (AvgIpc) is 1.57. The van der Waals surface area contributed by atoms with Gasteiger partial charge in [0.25, 0.3) is 0 Å². The predicted molar refractivity (Wildman–Crippen MR) is 336 cm³/mol. The Morgan fingerprint density at radius 3 is 1.47 bits per heavy atom. The van der Waals surface area contributed by atoms with E-state index in [2.05, 4.69) is 156 Å². The Morgan fingerprint density at radius 2 is 0.944 bits per heavy atom. The first-order valence-electron chi connectivity index (χ1n) is 29.2. The summed E-state index contributed by atoms with van der Waals surface area (Å²) in [4.78, 5) is 18.1. The van der Waals surface area contributed by atoms with E-state index < -0.39 is 11.6 Å². The minimum Gasteiger partial charge on any atom is -0.289 e. The van der Waals surface area contributed by atoms with Crippen molar-refractivity contribution in [1.29, 1.82) is 0 Å². The zero-order valence-corrected chi connectivity index (χ0v) is 62.5. The summed E-state index contributed by atoms with van der Waals surface area (Å²) in [7, 11) is 1.68. The monoisotopic (exact) mass is 1920 g/mol. The van der Waals surface area contributed by atoms with Gasteiger partial charge < -0.3 is 0 Å². The normalized spacial score (nSPS) is 10.8. The van der Waals surface area contributed by atoms with E-state index in [1.54, 1.807) is 30.8 Å². The van der Waals surface area contributed by atoms with Gasteiger partial charge in [0.1, 0.15) is 23.3 Å². The Morgan fingerprint density at radius 1 is 0.444 bits per heavy atom. The van der Waals surface area contributed by atoms with Crippen molar-refractivity contribution in [3.05, 3.63) is 233 Å². The minimum absolute atomic E-state index is 0. The fourth-order valence-electron chi connectivity index (χ4n) is 9.19. The van der Waals surface area contributed by atoms with Gasteiger partial charge in [0.2, 0.25) is 0 Å². The van der Waals surface area contributed by atoms with Crippen molar-refractivity contribution < 1.29 is 93.6 Å². The molecule has 4 heterocycles. The maximum atomic E-state index is 13.9. The first-order chi connectivity index (χ1) is 41.1. The molecule has 11 rings (SSSR count). The Kier molecular flexibility index (Phi) is 29.4. The van der Waals surface area contributed by atoms with Crippen molar-refractivity contribution in [2.75, 3.05) is 0 Å². The van der Waals surface area contributed by atoms with Crippen molar-refractivity contribution >= 4 is 0 Å². The molecule has 90 heavy (non-hydrogen) atoms. The van der Waals surface area contributed by atoms with Gasteiger partial charge in [-0.2, -0.15) is 20.4 Å². The number of halogens is 3. The molecule has 0 unspecified atom stereocenters.